The summed E-state index contributed by atoms with van der Waals surface area (Å²) in [6.45, 7) is 1.99. The first-order valence-electron chi connectivity index (χ1n) is 6.40. The zero-order valence-electron chi connectivity index (χ0n) is 11.5. The predicted molar refractivity (Wildman–Crippen MR) is 81.3 cm³/mol. The molecule has 21 heavy (non-hydrogen) atoms. The first-order valence-corrected chi connectivity index (χ1v) is 7.57. The Bertz CT molecular complexity index is 547. The van der Waals surface area contributed by atoms with Crippen molar-refractivity contribution in [3.8, 4) is 0 Å². The molecule has 0 aromatic carbocycles. The van der Waals surface area contributed by atoms with E-state index in [1.807, 2.05) is 0 Å². The van der Waals surface area contributed by atoms with E-state index in [1.165, 1.54) is 7.11 Å². The summed E-state index contributed by atoms with van der Waals surface area (Å²) in [7, 11) is 1.49. The predicted octanol–water partition coefficient (Wildman–Crippen LogP) is 1.43. The van der Waals surface area contributed by atoms with E-state index in [-0.39, 0.29) is 23.6 Å². The maximum Gasteiger partial charge on any atom is 0.257 e. The fraction of sp³-hybridized carbons (Fsp3) is 0.462. The van der Waals surface area contributed by atoms with Crippen LogP contribution in [0.2, 0.25) is 5.15 Å². The molecule has 1 aliphatic heterocycles. The van der Waals surface area contributed by atoms with Crippen LogP contribution in [0.25, 0.3) is 0 Å². The third-order valence-corrected chi connectivity index (χ3v) is 3.96. The number of pyridine rings is 1. The second kappa shape index (κ2) is 7.20. The monoisotopic (exact) mass is 375 g/mol. The summed E-state index contributed by atoms with van der Waals surface area (Å²) in [6.07, 6.45) is 1.54. The van der Waals surface area contributed by atoms with E-state index in [0.29, 0.717) is 36.2 Å². The van der Waals surface area contributed by atoms with Gasteiger partial charge in [-0.3, -0.25) is 9.59 Å². The number of hydrogen-bond donors (Lipinski definition) is 0. The van der Waals surface area contributed by atoms with Crippen LogP contribution in [0.1, 0.15) is 10.4 Å². The number of ether oxygens (including phenoxy) is 1. The quantitative estimate of drug-likeness (QED) is 0.749. The molecule has 0 unspecified atom stereocenters. The number of carbonyl (C=O) groups is 2. The van der Waals surface area contributed by atoms with E-state index < -0.39 is 0 Å². The van der Waals surface area contributed by atoms with Gasteiger partial charge in [-0.15, -0.1) is 0 Å². The summed E-state index contributed by atoms with van der Waals surface area (Å²) in [5, 5.41) is 0.182. The van der Waals surface area contributed by atoms with Crippen molar-refractivity contribution in [2.45, 2.75) is 0 Å². The third kappa shape index (κ3) is 3.93. The van der Waals surface area contributed by atoms with E-state index in [9.17, 15) is 9.59 Å². The molecule has 6 nitrogen and oxygen atoms in total. The summed E-state index contributed by atoms with van der Waals surface area (Å²) in [6, 6.07) is 1.65. The topological polar surface area (TPSA) is 62.7 Å². The van der Waals surface area contributed by atoms with Gasteiger partial charge in [0.2, 0.25) is 5.91 Å². The normalized spacial score (nSPS) is 15.2. The highest BCUT2D eigenvalue weighted by Crippen LogP contribution is 2.20. The molecule has 1 aromatic rings. The average Bonchev–Trinajstić information content (AvgIpc) is 2.49. The van der Waals surface area contributed by atoms with Gasteiger partial charge in [-0.1, -0.05) is 11.6 Å². The van der Waals surface area contributed by atoms with Crippen LogP contribution in [-0.4, -0.2) is 66.5 Å². The summed E-state index contributed by atoms with van der Waals surface area (Å²) in [5.41, 5.74) is 0.364. The number of rotatable bonds is 3. The first-order chi connectivity index (χ1) is 10.0. The van der Waals surface area contributed by atoms with Crippen molar-refractivity contribution < 1.29 is 14.3 Å². The lowest BCUT2D eigenvalue weighted by molar-refractivity contribution is -0.136. The number of aromatic nitrogens is 1. The molecule has 0 spiro atoms. The van der Waals surface area contributed by atoms with Crippen LogP contribution >= 0.6 is 27.5 Å². The molecule has 0 radical (unpaired) electrons. The fourth-order valence-electron chi connectivity index (χ4n) is 2.12. The summed E-state index contributed by atoms with van der Waals surface area (Å²) >= 11 is 9.25. The third-order valence-electron chi connectivity index (χ3n) is 3.22. The van der Waals surface area contributed by atoms with Gasteiger partial charge in [-0.25, -0.2) is 4.98 Å². The van der Waals surface area contributed by atoms with E-state index in [4.69, 9.17) is 16.3 Å². The molecule has 1 saturated heterocycles. The number of carbonyl (C=O) groups excluding carboxylic acids is 2. The molecular formula is C13H15BrClN3O3. The minimum atomic E-state index is -0.173. The Labute approximate surface area is 136 Å². The van der Waals surface area contributed by atoms with Crippen molar-refractivity contribution in [1.29, 1.82) is 0 Å². The van der Waals surface area contributed by atoms with Crippen LogP contribution in [-0.2, 0) is 9.53 Å². The zero-order valence-corrected chi connectivity index (χ0v) is 13.9. The fourth-order valence-corrected chi connectivity index (χ4v) is 2.63. The van der Waals surface area contributed by atoms with E-state index in [0.717, 1.165) is 0 Å². The van der Waals surface area contributed by atoms with Gasteiger partial charge in [-0.2, -0.15) is 0 Å². The minimum Gasteiger partial charge on any atom is -0.375 e. The maximum absolute atomic E-state index is 12.4. The molecule has 1 aliphatic rings. The van der Waals surface area contributed by atoms with Crippen molar-refractivity contribution in [3.05, 3.63) is 27.5 Å². The van der Waals surface area contributed by atoms with Gasteiger partial charge >= 0.3 is 0 Å². The molecule has 8 heteroatoms. The van der Waals surface area contributed by atoms with Gasteiger partial charge in [0.05, 0.1) is 5.56 Å². The Morgan fingerprint density at radius 3 is 2.57 bits per heavy atom. The molecule has 2 amide bonds. The summed E-state index contributed by atoms with van der Waals surface area (Å²) in [4.78, 5) is 31.4. The number of halogens is 2. The smallest absolute Gasteiger partial charge is 0.257 e. The van der Waals surface area contributed by atoms with Crippen molar-refractivity contribution in [3.63, 3.8) is 0 Å². The van der Waals surface area contributed by atoms with Gasteiger partial charge in [0.15, 0.2) is 0 Å². The standard InChI is InChI=1S/C13H15BrClN3O3/c1-21-8-11(19)17-2-4-18(5-3-17)13(20)10-6-9(14)7-16-12(10)15/h6-7H,2-5,8H2,1H3. The Morgan fingerprint density at radius 1 is 1.33 bits per heavy atom. The van der Waals surface area contributed by atoms with Gasteiger partial charge < -0.3 is 14.5 Å². The number of hydrogen-bond acceptors (Lipinski definition) is 4. The lowest BCUT2D eigenvalue weighted by Gasteiger charge is -2.34. The van der Waals surface area contributed by atoms with Crippen molar-refractivity contribution in [2.24, 2.45) is 0 Å². The van der Waals surface area contributed by atoms with Crippen LogP contribution < -0.4 is 0 Å². The van der Waals surface area contributed by atoms with Crippen LogP contribution in [0.15, 0.2) is 16.7 Å². The van der Waals surface area contributed by atoms with E-state index >= 15 is 0 Å². The van der Waals surface area contributed by atoms with Gasteiger partial charge in [0.25, 0.3) is 5.91 Å². The largest absolute Gasteiger partial charge is 0.375 e. The summed E-state index contributed by atoms with van der Waals surface area (Å²) in [5.74, 6) is -0.237. The Hall–Kier alpha value is -1.18. The Kier molecular flexibility index (Phi) is 5.55. The van der Waals surface area contributed by atoms with Crippen molar-refractivity contribution >= 4 is 39.3 Å². The van der Waals surface area contributed by atoms with Crippen LogP contribution in [0.4, 0.5) is 0 Å². The number of nitrogens with zero attached hydrogens (tertiary/aromatic N) is 3. The highest BCUT2D eigenvalue weighted by Gasteiger charge is 2.26. The molecule has 0 N–H and O–H groups in total. The molecule has 1 aromatic heterocycles. The van der Waals surface area contributed by atoms with Crippen molar-refractivity contribution in [1.82, 2.24) is 14.8 Å². The number of amides is 2. The van der Waals surface area contributed by atoms with E-state index in [2.05, 4.69) is 20.9 Å². The average molecular weight is 377 g/mol. The van der Waals surface area contributed by atoms with E-state index in [1.54, 1.807) is 22.1 Å². The molecule has 1 fully saturated rings. The molecule has 0 aliphatic carbocycles. The highest BCUT2D eigenvalue weighted by molar-refractivity contribution is 9.10. The van der Waals surface area contributed by atoms with Gasteiger partial charge in [0.1, 0.15) is 11.8 Å². The van der Waals surface area contributed by atoms with Crippen LogP contribution in [0, 0.1) is 0 Å². The lowest BCUT2D eigenvalue weighted by atomic mass is 10.2. The number of piperazine rings is 1. The molecule has 0 saturated carbocycles. The highest BCUT2D eigenvalue weighted by atomic mass is 79.9. The Balaban J connectivity index is 2.00. The summed E-state index contributed by atoms with van der Waals surface area (Å²) < 4.78 is 5.52. The zero-order chi connectivity index (χ0) is 15.4. The van der Waals surface area contributed by atoms with Gasteiger partial charge in [-0.05, 0) is 22.0 Å². The van der Waals surface area contributed by atoms with Crippen LogP contribution in [0.5, 0.6) is 0 Å². The molecule has 2 rings (SSSR count). The second-order valence-electron chi connectivity index (χ2n) is 4.60. The molecule has 2 heterocycles. The minimum absolute atomic E-state index is 0.0632. The molecule has 0 atom stereocenters. The molecular weight excluding hydrogens is 362 g/mol. The lowest BCUT2D eigenvalue weighted by Crippen LogP contribution is -2.51. The van der Waals surface area contributed by atoms with Gasteiger partial charge in [0, 0.05) is 44.0 Å². The molecule has 114 valence electrons. The second-order valence-corrected chi connectivity index (χ2v) is 5.87. The van der Waals surface area contributed by atoms with Crippen LogP contribution in [0.3, 0.4) is 0 Å². The molecule has 0 bridgehead atoms. The first kappa shape index (κ1) is 16.2. The Morgan fingerprint density at radius 2 is 1.95 bits per heavy atom. The van der Waals surface area contributed by atoms with Crippen molar-refractivity contribution in [2.75, 3.05) is 39.9 Å². The number of methoxy groups -OCH3 is 1. The SMILES string of the molecule is COCC(=O)N1CCN(C(=O)c2cc(Br)cnc2Cl)CC1. The maximum atomic E-state index is 12.4.